The van der Waals surface area contributed by atoms with Crippen molar-refractivity contribution in [3.8, 4) is 0 Å². The maximum absolute atomic E-state index is 10.9. The second kappa shape index (κ2) is 5.50. The lowest BCUT2D eigenvalue weighted by atomic mass is 10.1. The van der Waals surface area contributed by atoms with Gasteiger partial charge >= 0.3 is 0 Å². The number of hydrogen-bond donors (Lipinski definition) is 3. The molecular formula is C13H17N3O. The predicted octanol–water partition coefficient (Wildman–Crippen LogP) is 1.52. The van der Waals surface area contributed by atoms with E-state index in [-0.39, 0.29) is 11.9 Å². The van der Waals surface area contributed by atoms with Gasteiger partial charge in [-0.2, -0.15) is 0 Å². The Morgan fingerprint density at radius 2 is 2.12 bits per heavy atom. The van der Waals surface area contributed by atoms with Crippen molar-refractivity contribution in [2.24, 2.45) is 0 Å². The fraction of sp³-hybridized carbons (Fsp3) is 0.308. The Kier molecular flexibility index (Phi) is 3.77. The van der Waals surface area contributed by atoms with Crippen LogP contribution in [0.1, 0.15) is 18.4 Å². The van der Waals surface area contributed by atoms with E-state index in [4.69, 9.17) is 0 Å². The molecule has 17 heavy (non-hydrogen) atoms. The molecule has 0 radical (unpaired) electrons. The highest BCUT2D eigenvalue weighted by Gasteiger charge is 2.13. The lowest BCUT2D eigenvalue weighted by Gasteiger charge is -2.20. The Balaban J connectivity index is 1.93. The molecule has 3 N–H and O–H groups in total. The van der Waals surface area contributed by atoms with Crippen molar-refractivity contribution in [2.45, 2.75) is 18.9 Å². The van der Waals surface area contributed by atoms with Gasteiger partial charge in [-0.15, -0.1) is 0 Å². The molecule has 1 heterocycles. The van der Waals surface area contributed by atoms with E-state index in [2.05, 4.69) is 40.5 Å². The normalized spacial score (nSPS) is 20.3. The summed E-state index contributed by atoms with van der Waals surface area (Å²) in [5.74, 6) is 0.0630. The number of nitrogens with one attached hydrogen (secondary N) is 3. The van der Waals surface area contributed by atoms with Gasteiger partial charge < -0.3 is 5.32 Å². The van der Waals surface area contributed by atoms with E-state index in [1.807, 2.05) is 19.2 Å². The van der Waals surface area contributed by atoms with Crippen LogP contribution in [0.5, 0.6) is 0 Å². The highest BCUT2D eigenvalue weighted by Crippen LogP contribution is 2.11. The third kappa shape index (κ3) is 3.32. The molecule has 4 nitrogen and oxygen atoms in total. The van der Waals surface area contributed by atoms with E-state index in [1.165, 1.54) is 0 Å². The van der Waals surface area contributed by atoms with Crippen LogP contribution in [-0.4, -0.2) is 19.0 Å². The topological polar surface area (TPSA) is 53.2 Å². The van der Waals surface area contributed by atoms with E-state index in [1.54, 1.807) is 0 Å². The Labute approximate surface area is 101 Å². The summed E-state index contributed by atoms with van der Waals surface area (Å²) in [5, 5.41) is 3.08. The first-order chi connectivity index (χ1) is 8.28. The van der Waals surface area contributed by atoms with Crippen LogP contribution < -0.4 is 16.2 Å². The Morgan fingerprint density at radius 1 is 1.35 bits per heavy atom. The molecule has 4 heteroatoms. The molecule has 1 fully saturated rings. The monoisotopic (exact) mass is 231 g/mol. The van der Waals surface area contributed by atoms with Crippen LogP contribution in [0.15, 0.2) is 30.3 Å². The van der Waals surface area contributed by atoms with Crippen molar-refractivity contribution < 1.29 is 4.79 Å². The first kappa shape index (κ1) is 11.7. The fourth-order valence-electron chi connectivity index (χ4n) is 1.73. The number of amides is 1. The first-order valence-corrected chi connectivity index (χ1v) is 5.78. The number of carbonyl (C=O) groups excluding carboxylic acids is 1. The maximum atomic E-state index is 10.9. The average Bonchev–Trinajstić information content (AvgIpc) is 2.39. The minimum Gasteiger partial charge on any atom is -0.388 e. The quantitative estimate of drug-likeness (QED) is 0.739. The number of hydrazine groups is 1. The molecule has 90 valence electrons. The SMILES string of the molecule is CNc1ccc(/C=C/C2CCC(=O)NN2)cc1. The summed E-state index contributed by atoms with van der Waals surface area (Å²) in [6.45, 7) is 0. The van der Waals surface area contributed by atoms with E-state index < -0.39 is 0 Å². The number of benzene rings is 1. The van der Waals surface area contributed by atoms with Crippen LogP contribution in [0.25, 0.3) is 6.08 Å². The second-order valence-corrected chi connectivity index (χ2v) is 4.07. The molecule has 1 saturated heterocycles. The minimum absolute atomic E-state index is 0.0630. The van der Waals surface area contributed by atoms with Gasteiger partial charge in [-0.25, -0.2) is 5.43 Å². The zero-order chi connectivity index (χ0) is 12.1. The molecule has 0 aliphatic carbocycles. The van der Waals surface area contributed by atoms with Crippen molar-refractivity contribution in [2.75, 3.05) is 12.4 Å². The summed E-state index contributed by atoms with van der Waals surface area (Å²) >= 11 is 0. The van der Waals surface area contributed by atoms with Crippen LogP contribution in [0, 0.1) is 0 Å². The third-order valence-corrected chi connectivity index (χ3v) is 2.80. The highest BCUT2D eigenvalue weighted by atomic mass is 16.2. The van der Waals surface area contributed by atoms with E-state index >= 15 is 0 Å². The molecule has 1 atom stereocenters. The first-order valence-electron chi connectivity index (χ1n) is 5.78. The maximum Gasteiger partial charge on any atom is 0.234 e. The van der Waals surface area contributed by atoms with E-state index in [9.17, 15) is 4.79 Å². The molecule has 2 rings (SSSR count). The number of hydrogen-bond acceptors (Lipinski definition) is 3. The summed E-state index contributed by atoms with van der Waals surface area (Å²) in [6, 6.07) is 8.41. The van der Waals surface area contributed by atoms with Gasteiger partial charge in [-0.05, 0) is 24.1 Å². The van der Waals surface area contributed by atoms with Gasteiger partial charge in [-0.3, -0.25) is 10.2 Å². The van der Waals surface area contributed by atoms with Crippen LogP contribution in [0.4, 0.5) is 5.69 Å². The summed E-state index contributed by atoms with van der Waals surface area (Å²) < 4.78 is 0. The van der Waals surface area contributed by atoms with Crippen molar-refractivity contribution in [1.29, 1.82) is 0 Å². The molecule has 1 aliphatic heterocycles. The largest absolute Gasteiger partial charge is 0.388 e. The average molecular weight is 231 g/mol. The number of rotatable bonds is 3. The number of anilines is 1. The zero-order valence-corrected chi connectivity index (χ0v) is 9.86. The van der Waals surface area contributed by atoms with Gasteiger partial charge in [0.05, 0.1) is 0 Å². The molecule has 0 aromatic heterocycles. The third-order valence-electron chi connectivity index (χ3n) is 2.80. The van der Waals surface area contributed by atoms with Crippen LogP contribution in [-0.2, 0) is 4.79 Å². The van der Waals surface area contributed by atoms with Crippen LogP contribution in [0.3, 0.4) is 0 Å². The standard InChI is InChI=1S/C13H17N3O/c1-14-11-5-2-10(3-6-11)4-7-12-8-9-13(17)16-15-12/h2-7,12,14-15H,8-9H2,1H3,(H,16,17)/b7-4+. The molecule has 1 aromatic rings. The lowest BCUT2D eigenvalue weighted by molar-refractivity contribution is -0.123. The molecule has 1 unspecified atom stereocenters. The highest BCUT2D eigenvalue weighted by molar-refractivity contribution is 5.76. The molecule has 0 spiro atoms. The van der Waals surface area contributed by atoms with Gasteiger partial charge in [0, 0.05) is 25.2 Å². The molecular weight excluding hydrogens is 214 g/mol. The van der Waals surface area contributed by atoms with Crippen molar-refractivity contribution >= 4 is 17.7 Å². The molecule has 1 aromatic carbocycles. The smallest absolute Gasteiger partial charge is 0.234 e. The Hall–Kier alpha value is -1.81. The zero-order valence-electron chi connectivity index (χ0n) is 9.86. The minimum atomic E-state index is 0.0630. The fourth-order valence-corrected chi connectivity index (χ4v) is 1.73. The van der Waals surface area contributed by atoms with E-state index in [0.717, 1.165) is 17.7 Å². The van der Waals surface area contributed by atoms with Crippen LogP contribution >= 0.6 is 0 Å². The number of carbonyl (C=O) groups is 1. The molecule has 0 bridgehead atoms. The van der Waals surface area contributed by atoms with Gasteiger partial charge in [0.15, 0.2) is 0 Å². The summed E-state index contributed by atoms with van der Waals surface area (Å²) in [7, 11) is 1.90. The lowest BCUT2D eigenvalue weighted by Crippen LogP contribution is -2.48. The predicted molar refractivity (Wildman–Crippen MR) is 69.3 cm³/mol. The van der Waals surface area contributed by atoms with Crippen molar-refractivity contribution in [1.82, 2.24) is 10.9 Å². The summed E-state index contributed by atoms with van der Waals surface area (Å²) in [5.41, 5.74) is 7.86. The van der Waals surface area contributed by atoms with Crippen molar-refractivity contribution in [3.63, 3.8) is 0 Å². The second-order valence-electron chi connectivity index (χ2n) is 4.07. The molecule has 1 amide bonds. The van der Waals surface area contributed by atoms with Gasteiger partial charge in [0.1, 0.15) is 0 Å². The van der Waals surface area contributed by atoms with Gasteiger partial charge in [0.25, 0.3) is 0 Å². The van der Waals surface area contributed by atoms with Crippen molar-refractivity contribution in [3.05, 3.63) is 35.9 Å². The van der Waals surface area contributed by atoms with Gasteiger partial charge in [0.2, 0.25) is 5.91 Å². The molecule has 1 aliphatic rings. The molecule has 0 saturated carbocycles. The summed E-state index contributed by atoms with van der Waals surface area (Å²) in [4.78, 5) is 10.9. The van der Waals surface area contributed by atoms with Crippen LogP contribution in [0.2, 0.25) is 0 Å². The van der Waals surface area contributed by atoms with E-state index in [0.29, 0.717) is 6.42 Å². The Bertz CT molecular complexity index is 401. The summed E-state index contributed by atoms with van der Waals surface area (Å²) in [6.07, 6.45) is 5.57. The van der Waals surface area contributed by atoms with Gasteiger partial charge in [-0.1, -0.05) is 24.3 Å². The Morgan fingerprint density at radius 3 is 2.71 bits per heavy atom.